The van der Waals surface area contributed by atoms with E-state index in [0.717, 1.165) is 57.9 Å². The van der Waals surface area contributed by atoms with Gasteiger partial charge in [-0.2, -0.15) is 8.42 Å². The molecule has 188 valence electrons. The Morgan fingerprint density at radius 2 is 1.94 bits per heavy atom. The van der Waals surface area contributed by atoms with E-state index < -0.39 is 16.0 Å². The van der Waals surface area contributed by atoms with Crippen molar-refractivity contribution in [2.24, 2.45) is 5.73 Å². The summed E-state index contributed by atoms with van der Waals surface area (Å²) in [5.74, 6) is 1.02. The van der Waals surface area contributed by atoms with Crippen molar-refractivity contribution in [3.63, 3.8) is 0 Å². The number of methoxy groups -OCH3 is 1. The van der Waals surface area contributed by atoms with Gasteiger partial charge in [-0.3, -0.25) is 14.2 Å². The number of aromatic nitrogens is 1. The summed E-state index contributed by atoms with van der Waals surface area (Å²) in [6, 6.07) is 8.97. The zero-order valence-corrected chi connectivity index (χ0v) is 20.2. The number of ether oxygens (including phenoxy) is 3. The second kappa shape index (κ2) is 13.8. The van der Waals surface area contributed by atoms with E-state index in [1.165, 1.54) is 6.20 Å². The molecule has 0 spiro atoms. The number of morpholine rings is 1. The van der Waals surface area contributed by atoms with Gasteiger partial charge in [0.2, 0.25) is 11.8 Å². The number of rotatable bonds is 10. The quantitative estimate of drug-likeness (QED) is 0.324. The normalized spacial score (nSPS) is 14.1. The largest absolute Gasteiger partial charge is 0.493 e. The Balaban J connectivity index is 0.000000739. The van der Waals surface area contributed by atoms with Crippen LogP contribution in [0.2, 0.25) is 0 Å². The van der Waals surface area contributed by atoms with E-state index >= 15 is 0 Å². The summed E-state index contributed by atoms with van der Waals surface area (Å²) in [4.78, 5) is 17.7. The highest BCUT2D eigenvalue weighted by molar-refractivity contribution is 7.85. The number of carbonyl (C=O) groups excluding carboxylic acids is 1. The first-order chi connectivity index (χ1) is 16.2. The van der Waals surface area contributed by atoms with Crippen LogP contribution in [0.1, 0.15) is 22.3 Å². The Morgan fingerprint density at radius 3 is 2.53 bits per heavy atom. The summed E-state index contributed by atoms with van der Waals surface area (Å²) in [5, 5.41) is 3.47. The maximum atomic E-state index is 11.1. The summed E-state index contributed by atoms with van der Waals surface area (Å²) >= 11 is 0. The van der Waals surface area contributed by atoms with Crippen LogP contribution in [0.25, 0.3) is 0 Å². The molecule has 2 heterocycles. The number of hydrogen-bond donors (Lipinski definition) is 3. The fraction of sp³-hybridized carbons (Fsp3) is 0.455. The van der Waals surface area contributed by atoms with E-state index in [1.807, 2.05) is 18.2 Å². The van der Waals surface area contributed by atoms with Gasteiger partial charge in [0, 0.05) is 31.9 Å². The molecule has 2 aromatic rings. The minimum atomic E-state index is -3.67. The van der Waals surface area contributed by atoms with Gasteiger partial charge in [0.1, 0.15) is 0 Å². The Bertz CT molecular complexity index is 1000. The van der Waals surface area contributed by atoms with Gasteiger partial charge >= 0.3 is 0 Å². The fourth-order valence-corrected chi connectivity index (χ4v) is 3.09. The average Bonchev–Trinajstić information content (AvgIpc) is 2.79. The second-order valence-corrected chi connectivity index (χ2v) is 9.02. The number of carbonyl (C=O) groups is 1. The number of pyridine rings is 1. The van der Waals surface area contributed by atoms with E-state index in [-0.39, 0.29) is 0 Å². The van der Waals surface area contributed by atoms with Crippen molar-refractivity contribution in [1.82, 2.24) is 15.2 Å². The molecule has 1 amide bonds. The zero-order valence-electron chi connectivity index (χ0n) is 19.4. The van der Waals surface area contributed by atoms with Gasteiger partial charge in [0.15, 0.2) is 11.5 Å². The Kier molecular flexibility index (Phi) is 11.2. The fourth-order valence-electron chi connectivity index (χ4n) is 3.09. The molecule has 1 fully saturated rings. The van der Waals surface area contributed by atoms with Crippen LogP contribution in [-0.2, 0) is 21.4 Å². The SMILES string of the molecule is COc1cc(CNCCCN2CCOCC2)ccc1Oc1ccc(C(N)=O)cn1.CS(=O)(=O)O. The smallest absolute Gasteiger partial charge is 0.261 e. The lowest BCUT2D eigenvalue weighted by Gasteiger charge is -2.26. The van der Waals surface area contributed by atoms with Crippen LogP contribution in [0.3, 0.4) is 0 Å². The number of benzene rings is 1. The van der Waals surface area contributed by atoms with Crippen LogP contribution in [-0.4, -0.2) is 81.5 Å². The molecular weight excluding hydrogens is 464 g/mol. The number of hydrogen-bond acceptors (Lipinski definition) is 9. The molecule has 34 heavy (non-hydrogen) atoms. The molecule has 0 aliphatic carbocycles. The molecule has 12 heteroatoms. The van der Waals surface area contributed by atoms with Crippen LogP contribution in [0, 0.1) is 0 Å². The van der Waals surface area contributed by atoms with Gasteiger partial charge in [-0.15, -0.1) is 0 Å². The van der Waals surface area contributed by atoms with E-state index in [0.29, 0.717) is 29.2 Å². The van der Waals surface area contributed by atoms with Crippen molar-refractivity contribution in [3.05, 3.63) is 47.7 Å². The van der Waals surface area contributed by atoms with Crippen LogP contribution < -0.4 is 20.5 Å². The monoisotopic (exact) mass is 496 g/mol. The van der Waals surface area contributed by atoms with Gasteiger partial charge in [0.05, 0.1) is 32.1 Å². The third-order valence-electron chi connectivity index (χ3n) is 4.72. The first kappa shape index (κ1) is 27.5. The van der Waals surface area contributed by atoms with Crippen molar-refractivity contribution < 1.29 is 32.0 Å². The average molecular weight is 497 g/mol. The molecule has 4 N–H and O–H groups in total. The highest BCUT2D eigenvalue weighted by Crippen LogP contribution is 2.31. The first-order valence-electron chi connectivity index (χ1n) is 10.7. The van der Waals surface area contributed by atoms with Crippen molar-refractivity contribution in [2.45, 2.75) is 13.0 Å². The molecule has 1 aromatic heterocycles. The molecule has 0 unspecified atom stereocenters. The van der Waals surface area contributed by atoms with Crippen molar-refractivity contribution in [1.29, 1.82) is 0 Å². The van der Waals surface area contributed by atoms with Gasteiger partial charge in [-0.1, -0.05) is 6.07 Å². The van der Waals surface area contributed by atoms with Crippen LogP contribution in [0.15, 0.2) is 36.5 Å². The Morgan fingerprint density at radius 1 is 1.24 bits per heavy atom. The molecule has 1 aromatic carbocycles. The van der Waals surface area contributed by atoms with E-state index in [4.69, 9.17) is 24.5 Å². The number of primary amides is 1. The molecule has 0 atom stereocenters. The summed E-state index contributed by atoms with van der Waals surface area (Å²) in [7, 11) is -2.06. The predicted octanol–water partition coefficient (Wildman–Crippen LogP) is 1.30. The maximum Gasteiger partial charge on any atom is 0.261 e. The summed E-state index contributed by atoms with van der Waals surface area (Å²) < 4.78 is 42.5. The number of amides is 1. The van der Waals surface area contributed by atoms with Crippen LogP contribution in [0.5, 0.6) is 17.4 Å². The lowest BCUT2D eigenvalue weighted by atomic mass is 10.2. The van der Waals surface area contributed by atoms with Gasteiger partial charge in [0.25, 0.3) is 10.1 Å². The molecule has 0 bridgehead atoms. The summed E-state index contributed by atoms with van der Waals surface area (Å²) in [6.07, 6.45) is 3.21. The third-order valence-corrected chi connectivity index (χ3v) is 4.72. The Labute approximate surface area is 200 Å². The van der Waals surface area contributed by atoms with Crippen LogP contribution in [0.4, 0.5) is 0 Å². The molecule has 1 aliphatic rings. The topological polar surface area (TPSA) is 153 Å². The van der Waals surface area contributed by atoms with Crippen molar-refractivity contribution >= 4 is 16.0 Å². The summed E-state index contributed by atoms with van der Waals surface area (Å²) in [6.45, 7) is 6.53. The molecule has 1 saturated heterocycles. The van der Waals surface area contributed by atoms with Crippen LogP contribution >= 0.6 is 0 Å². The number of nitrogens with one attached hydrogen (secondary N) is 1. The summed E-state index contributed by atoms with van der Waals surface area (Å²) in [5.41, 5.74) is 6.66. The molecule has 1 aliphatic heterocycles. The van der Waals surface area contributed by atoms with Crippen molar-refractivity contribution in [2.75, 3.05) is 52.8 Å². The minimum absolute atomic E-state index is 0.333. The molecule has 0 saturated carbocycles. The van der Waals surface area contributed by atoms with Gasteiger partial charge < -0.3 is 25.3 Å². The van der Waals surface area contributed by atoms with Crippen molar-refractivity contribution in [3.8, 4) is 17.4 Å². The van der Waals surface area contributed by atoms with E-state index in [2.05, 4.69) is 15.2 Å². The Hall–Kier alpha value is -2.77. The lowest BCUT2D eigenvalue weighted by molar-refractivity contribution is 0.0374. The highest BCUT2D eigenvalue weighted by atomic mass is 32.2. The lowest BCUT2D eigenvalue weighted by Crippen LogP contribution is -2.37. The standard InChI is InChI=1S/C21H28N4O4.CH4O3S/c1-27-19-13-16(14-23-7-2-8-25-9-11-28-12-10-25)3-5-18(19)29-20-6-4-17(15-24-20)21(22)26;1-5(2,3)4/h3-6,13,15,23H,2,7-12,14H2,1H3,(H2,22,26);1H3,(H,2,3,4). The number of nitrogens with zero attached hydrogens (tertiary/aromatic N) is 2. The second-order valence-electron chi connectivity index (χ2n) is 7.55. The third kappa shape index (κ3) is 10.9. The maximum absolute atomic E-state index is 11.1. The molecule has 11 nitrogen and oxygen atoms in total. The van der Waals surface area contributed by atoms with Gasteiger partial charge in [-0.05, 0) is 43.3 Å². The zero-order chi connectivity index (χ0) is 25.0. The molecule has 0 radical (unpaired) electrons. The number of nitrogens with two attached hydrogens (primary N) is 1. The molecular formula is C22H32N4O7S. The van der Waals surface area contributed by atoms with Gasteiger partial charge in [-0.25, -0.2) is 4.98 Å². The van der Waals surface area contributed by atoms with E-state index in [9.17, 15) is 13.2 Å². The first-order valence-corrected chi connectivity index (χ1v) is 12.5. The van der Waals surface area contributed by atoms with E-state index in [1.54, 1.807) is 19.2 Å². The minimum Gasteiger partial charge on any atom is -0.493 e. The highest BCUT2D eigenvalue weighted by Gasteiger charge is 2.10. The predicted molar refractivity (Wildman–Crippen MR) is 127 cm³/mol. The molecule has 3 rings (SSSR count).